The molecule has 2 aliphatic rings. The molecule has 4 rings (SSSR count). The highest BCUT2D eigenvalue weighted by molar-refractivity contribution is 7.98. The second kappa shape index (κ2) is 10.2. The summed E-state index contributed by atoms with van der Waals surface area (Å²) >= 11 is 2.67. The number of thiazole rings is 1. The minimum Gasteiger partial charge on any atom is -0.300 e. The second-order valence-electron chi connectivity index (χ2n) is 8.45. The van der Waals surface area contributed by atoms with Crippen molar-refractivity contribution in [2.75, 3.05) is 17.3 Å². The molecule has 1 saturated heterocycles. The quantitative estimate of drug-likeness (QED) is 0.444. The zero-order valence-electron chi connectivity index (χ0n) is 18.7. The van der Waals surface area contributed by atoms with E-state index in [2.05, 4.69) is 10.3 Å². The smallest absolute Gasteiger partial charge is 0.249 e. The van der Waals surface area contributed by atoms with Gasteiger partial charge in [0, 0.05) is 12.5 Å². The van der Waals surface area contributed by atoms with Gasteiger partial charge in [0.25, 0.3) is 0 Å². The van der Waals surface area contributed by atoms with Crippen LogP contribution in [0.2, 0.25) is 0 Å². The second-order valence-corrected chi connectivity index (χ2v) is 10.4. The lowest BCUT2D eigenvalue weighted by molar-refractivity contribution is -0.146. The van der Waals surface area contributed by atoms with E-state index in [0.717, 1.165) is 29.7 Å². The molecule has 3 amide bonds. The number of nitrogens with zero attached hydrogens (tertiary/aromatic N) is 2. The van der Waals surface area contributed by atoms with Crippen LogP contribution in [-0.4, -0.2) is 51.4 Å². The molecule has 2 heterocycles. The molecule has 1 aliphatic carbocycles. The van der Waals surface area contributed by atoms with Crippen LogP contribution in [0.5, 0.6) is 0 Å². The Kier molecular flexibility index (Phi) is 7.29. The molecule has 33 heavy (non-hydrogen) atoms. The largest absolute Gasteiger partial charge is 0.300 e. The molecule has 1 saturated carbocycles. The number of nitrogens with one attached hydrogen (secondary N) is 1. The van der Waals surface area contributed by atoms with Gasteiger partial charge in [-0.2, -0.15) is 11.8 Å². The Balaban J connectivity index is 1.60. The van der Waals surface area contributed by atoms with Crippen molar-refractivity contribution in [3.63, 3.8) is 0 Å². The number of ketones is 1. The number of aromatic nitrogens is 1. The van der Waals surface area contributed by atoms with Crippen molar-refractivity contribution in [3.05, 3.63) is 35.2 Å². The number of likely N-dealkylation sites (tertiary alicyclic amines) is 1. The van der Waals surface area contributed by atoms with Gasteiger partial charge in [-0.1, -0.05) is 54.5 Å². The standard InChI is InChI=1S/C24H27N3O4S2/c1-14(28)20-19(15-8-4-3-5-9-15)25-24(33-20)26-21(29)18(12-13-32-2)27-22(30)16-10-6-7-11-17(16)23(27)31/h3-5,8-9,16-18H,6-7,10-13H2,1-2H3,(H,25,26,29). The summed E-state index contributed by atoms with van der Waals surface area (Å²) in [5, 5.41) is 3.08. The number of hydrogen-bond donors (Lipinski definition) is 1. The van der Waals surface area contributed by atoms with Crippen molar-refractivity contribution in [3.8, 4) is 11.3 Å². The van der Waals surface area contributed by atoms with Crippen LogP contribution in [0.15, 0.2) is 30.3 Å². The molecule has 174 valence electrons. The summed E-state index contributed by atoms with van der Waals surface area (Å²) in [4.78, 5) is 57.9. The van der Waals surface area contributed by atoms with Crippen molar-refractivity contribution in [1.82, 2.24) is 9.88 Å². The van der Waals surface area contributed by atoms with Gasteiger partial charge in [0.05, 0.1) is 22.4 Å². The molecule has 1 aromatic heterocycles. The molecule has 1 aliphatic heterocycles. The van der Waals surface area contributed by atoms with E-state index in [1.165, 1.54) is 11.8 Å². The molecule has 3 unspecified atom stereocenters. The van der Waals surface area contributed by atoms with Crippen molar-refractivity contribution in [2.45, 2.75) is 45.1 Å². The first-order chi connectivity index (χ1) is 15.9. The first-order valence-electron chi connectivity index (χ1n) is 11.2. The maximum Gasteiger partial charge on any atom is 0.249 e. The molecular formula is C24H27N3O4S2. The van der Waals surface area contributed by atoms with Crippen LogP contribution in [0.1, 0.15) is 48.7 Å². The number of anilines is 1. The van der Waals surface area contributed by atoms with Gasteiger partial charge < -0.3 is 5.32 Å². The number of fused-ring (bicyclic) bond motifs is 1. The van der Waals surface area contributed by atoms with Crippen LogP contribution in [0.3, 0.4) is 0 Å². The molecule has 0 bridgehead atoms. The predicted octanol–water partition coefficient (Wildman–Crippen LogP) is 4.25. The Labute approximate surface area is 201 Å². The first kappa shape index (κ1) is 23.6. The van der Waals surface area contributed by atoms with Crippen LogP contribution in [-0.2, 0) is 14.4 Å². The molecule has 3 atom stereocenters. The van der Waals surface area contributed by atoms with Gasteiger partial charge in [0.1, 0.15) is 6.04 Å². The Morgan fingerprint density at radius 3 is 2.36 bits per heavy atom. The van der Waals surface area contributed by atoms with Crippen molar-refractivity contribution >= 4 is 51.7 Å². The van der Waals surface area contributed by atoms with E-state index in [1.54, 1.807) is 11.8 Å². The lowest BCUT2D eigenvalue weighted by Gasteiger charge is -2.25. The zero-order chi connectivity index (χ0) is 23.5. The Morgan fingerprint density at radius 1 is 1.15 bits per heavy atom. The Morgan fingerprint density at radius 2 is 1.79 bits per heavy atom. The van der Waals surface area contributed by atoms with Crippen LogP contribution >= 0.6 is 23.1 Å². The van der Waals surface area contributed by atoms with Gasteiger partial charge in [0.2, 0.25) is 17.7 Å². The maximum atomic E-state index is 13.3. The average molecular weight is 486 g/mol. The molecule has 9 heteroatoms. The third-order valence-corrected chi connectivity index (χ3v) is 8.02. The molecular weight excluding hydrogens is 458 g/mol. The Hall–Kier alpha value is -2.52. The minimum absolute atomic E-state index is 0.139. The van der Waals surface area contributed by atoms with Crippen LogP contribution in [0.4, 0.5) is 5.13 Å². The fraction of sp³-hybridized carbons (Fsp3) is 0.458. The van der Waals surface area contributed by atoms with Gasteiger partial charge in [-0.05, 0) is 31.3 Å². The number of amides is 3. The number of Topliss-reactive ketones (excluding diaryl/α,β-unsaturated/α-hetero) is 1. The van der Waals surface area contributed by atoms with E-state index < -0.39 is 11.9 Å². The highest BCUT2D eigenvalue weighted by atomic mass is 32.2. The van der Waals surface area contributed by atoms with Gasteiger partial charge >= 0.3 is 0 Å². The lowest BCUT2D eigenvalue weighted by Crippen LogP contribution is -2.48. The molecule has 1 aromatic carbocycles. The normalized spacial score (nSPS) is 21.1. The van der Waals surface area contributed by atoms with E-state index in [4.69, 9.17) is 0 Å². The van der Waals surface area contributed by atoms with Gasteiger partial charge in [0.15, 0.2) is 10.9 Å². The van der Waals surface area contributed by atoms with Crippen molar-refractivity contribution < 1.29 is 19.2 Å². The van der Waals surface area contributed by atoms with E-state index >= 15 is 0 Å². The van der Waals surface area contributed by atoms with E-state index in [1.807, 2.05) is 36.6 Å². The summed E-state index contributed by atoms with van der Waals surface area (Å²) in [6.07, 6.45) is 5.58. The number of imide groups is 1. The first-order valence-corrected chi connectivity index (χ1v) is 13.4. The molecule has 2 aromatic rings. The fourth-order valence-electron chi connectivity index (χ4n) is 4.69. The number of benzene rings is 1. The maximum absolute atomic E-state index is 13.3. The topological polar surface area (TPSA) is 96.4 Å². The van der Waals surface area contributed by atoms with E-state index in [9.17, 15) is 19.2 Å². The molecule has 1 N–H and O–H groups in total. The van der Waals surface area contributed by atoms with Crippen LogP contribution in [0, 0.1) is 11.8 Å². The summed E-state index contributed by atoms with van der Waals surface area (Å²) in [6.45, 7) is 1.47. The monoisotopic (exact) mass is 485 g/mol. The molecule has 0 radical (unpaired) electrons. The van der Waals surface area contributed by atoms with Gasteiger partial charge in [-0.3, -0.25) is 24.1 Å². The third kappa shape index (κ3) is 4.75. The number of carbonyl (C=O) groups excluding carboxylic acids is 4. The summed E-state index contributed by atoms with van der Waals surface area (Å²) in [5.41, 5.74) is 1.30. The summed E-state index contributed by atoms with van der Waals surface area (Å²) < 4.78 is 0. The average Bonchev–Trinajstić information content (AvgIpc) is 3.35. The SMILES string of the molecule is CSCCC(C(=O)Nc1nc(-c2ccccc2)c(C(C)=O)s1)N1C(=O)C2CCCCC2C1=O. The molecule has 0 spiro atoms. The Bertz CT molecular complexity index is 1040. The van der Waals surface area contributed by atoms with Crippen LogP contribution in [0.25, 0.3) is 11.3 Å². The highest BCUT2D eigenvalue weighted by Crippen LogP contribution is 2.39. The van der Waals surface area contributed by atoms with Crippen LogP contribution < -0.4 is 5.32 Å². The summed E-state index contributed by atoms with van der Waals surface area (Å²) in [5.74, 6) is -0.989. The lowest BCUT2D eigenvalue weighted by atomic mass is 9.81. The van der Waals surface area contributed by atoms with Crippen molar-refractivity contribution in [1.29, 1.82) is 0 Å². The number of carbonyl (C=O) groups is 4. The van der Waals surface area contributed by atoms with Gasteiger partial charge in [-0.25, -0.2) is 4.98 Å². The summed E-state index contributed by atoms with van der Waals surface area (Å²) in [6, 6.07) is 8.44. The van der Waals surface area contributed by atoms with Crippen molar-refractivity contribution in [2.24, 2.45) is 11.8 Å². The van der Waals surface area contributed by atoms with E-state index in [0.29, 0.717) is 35.6 Å². The minimum atomic E-state index is -0.882. The number of hydrogen-bond acceptors (Lipinski definition) is 7. The molecule has 7 nitrogen and oxygen atoms in total. The predicted molar refractivity (Wildman–Crippen MR) is 130 cm³/mol. The highest BCUT2D eigenvalue weighted by Gasteiger charge is 2.51. The summed E-state index contributed by atoms with van der Waals surface area (Å²) in [7, 11) is 0. The van der Waals surface area contributed by atoms with Gasteiger partial charge in [-0.15, -0.1) is 0 Å². The number of rotatable bonds is 8. The van der Waals surface area contributed by atoms with E-state index in [-0.39, 0.29) is 34.6 Å². The zero-order valence-corrected chi connectivity index (χ0v) is 20.3. The third-order valence-electron chi connectivity index (χ3n) is 6.31. The number of thioether (sulfide) groups is 1. The fourth-order valence-corrected chi connectivity index (χ4v) is 6.04. The molecule has 2 fully saturated rings.